The molecule has 126 valence electrons. The van der Waals surface area contributed by atoms with Crippen LogP contribution in [0.25, 0.3) is 0 Å². The lowest BCUT2D eigenvalue weighted by molar-refractivity contribution is 0.0148. The van der Waals surface area contributed by atoms with Gasteiger partial charge in [-0.25, -0.2) is 4.39 Å². The molecule has 0 aromatic heterocycles. The molecule has 0 amide bonds. The Morgan fingerprint density at radius 1 is 0.958 bits per heavy atom. The quantitative estimate of drug-likeness (QED) is 0.861. The number of nitrogens with zero attached hydrogens (tertiary/aromatic N) is 2. The lowest BCUT2D eigenvalue weighted by Gasteiger charge is -2.38. The summed E-state index contributed by atoms with van der Waals surface area (Å²) in [6, 6.07) is 15.4. The molecular weight excluding hydrogens is 303 g/mol. The van der Waals surface area contributed by atoms with E-state index in [-0.39, 0.29) is 11.9 Å². The van der Waals surface area contributed by atoms with Gasteiger partial charge in [-0.2, -0.15) is 0 Å². The highest BCUT2D eigenvalue weighted by Gasteiger charge is 2.25. The van der Waals surface area contributed by atoms with Crippen LogP contribution in [0.4, 0.5) is 10.1 Å². The molecule has 0 aliphatic carbocycles. The Morgan fingerprint density at radius 2 is 1.71 bits per heavy atom. The Balaban J connectivity index is 1.36. The second-order valence-electron chi connectivity index (χ2n) is 6.57. The summed E-state index contributed by atoms with van der Waals surface area (Å²) in [5.74, 6) is -0.175. The van der Waals surface area contributed by atoms with Crippen LogP contribution in [0.5, 0.6) is 0 Å². The zero-order chi connectivity index (χ0) is 16.4. The van der Waals surface area contributed by atoms with Gasteiger partial charge >= 0.3 is 0 Å². The fraction of sp³-hybridized carbons (Fsp3) is 0.400. The Labute approximate surface area is 142 Å². The molecule has 2 aromatic rings. The molecule has 3 nitrogen and oxygen atoms in total. The maximum absolute atomic E-state index is 13.1. The molecule has 2 aromatic carbocycles. The Hall–Kier alpha value is -1.91. The Morgan fingerprint density at radius 3 is 2.50 bits per heavy atom. The summed E-state index contributed by atoms with van der Waals surface area (Å²) in [7, 11) is 0. The van der Waals surface area contributed by atoms with Crippen LogP contribution in [-0.4, -0.2) is 44.2 Å². The smallest absolute Gasteiger partial charge is 0.123 e. The van der Waals surface area contributed by atoms with Gasteiger partial charge in [0.15, 0.2) is 0 Å². The van der Waals surface area contributed by atoms with Crippen molar-refractivity contribution in [2.75, 3.05) is 44.2 Å². The van der Waals surface area contributed by atoms with E-state index in [4.69, 9.17) is 4.74 Å². The van der Waals surface area contributed by atoms with Gasteiger partial charge in [0.25, 0.3) is 0 Å². The molecule has 1 fully saturated rings. The molecule has 1 unspecified atom stereocenters. The molecule has 2 aliphatic rings. The van der Waals surface area contributed by atoms with E-state index in [0.29, 0.717) is 0 Å². The molecule has 1 saturated heterocycles. The van der Waals surface area contributed by atoms with Crippen molar-refractivity contribution in [2.45, 2.75) is 12.5 Å². The van der Waals surface area contributed by atoms with Crippen LogP contribution in [0.3, 0.4) is 0 Å². The predicted molar refractivity (Wildman–Crippen MR) is 93.9 cm³/mol. The van der Waals surface area contributed by atoms with Gasteiger partial charge in [-0.1, -0.05) is 24.3 Å². The van der Waals surface area contributed by atoms with E-state index in [2.05, 4.69) is 34.1 Å². The normalized spacial score (nSPS) is 21.5. The van der Waals surface area contributed by atoms with Gasteiger partial charge in [-0.15, -0.1) is 0 Å². The summed E-state index contributed by atoms with van der Waals surface area (Å²) >= 11 is 0. The highest BCUT2D eigenvalue weighted by atomic mass is 19.1. The minimum atomic E-state index is -0.175. The van der Waals surface area contributed by atoms with Crippen LogP contribution < -0.4 is 4.90 Å². The second kappa shape index (κ2) is 6.91. The molecule has 0 N–H and O–H groups in total. The topological polar surface area (TPSA) is 15.7 Å². The first-order valence-corrected chi connectivity index (χ1v) is 8.72. The number of hydrogen-bond acceptors (Lipinski definition) is 3. The molecule has 0 spiro atoms. The second-order valence-corrected chi connectivity index (χ2v) is 6.57. The minimum absolute atomic E-state index is 0.175. The maximum atomic E-state index is 13.1. The van der Waals surface area contributed by atoms with Gasteiger partial charge in [-0.05, 0) is 41.8 Å². The lowest BCUT2D eigenvalue weighted by atomic mass is 9.97. The number of fused-ring (bicyclic) bond motifs is 1. The van der Waals surface area contributed by atoms with E-state index in [1.807, 2.05) is 12.1 Å². The molecule has 0 saturated carbocycles. The van der Waals surface area contributed by atoms with Gasteiger partial charge in [-0.3, -0.25) is 4.90 Å². The van der Waals surface area contributed by atoms with Gasteiger partial charge in [0.1, 0.15) is 5.82 Å². The van der Waals surface area contributed by atoms with E-state index in [1.165, 1.54) is 23.3 Å². The third-order valence-corrected chi connectivity index (χ3v) is 5.08. The van der Waals surface area contributed by atoms with Crippen molar-refractivity contribution < 1.29 is 9.13 Å². The van der Waals surface area contributed by atoms with E-state index >= 15 is 0 Å². The average Bonchev–Trinajstić information content (AvgIpc) is 2.63. The molecule has 2 aliphatic heterocycles. The van der Waals surface area contributed by atoms with Crippen molar-refractivity contribution in [3.05, 3.63) is 65.5 Å². The maximum Gasteiger partial charge on any atom is 0.123 e. The minimum Gasteiger partial charge on any atom is -0.372 e. The number of hydrogen-bond donors (Lipinski definition) is 0. The zero-order valence-electron chi connectivity index (χ0n) is 13.8. The summed E-state index contributed by atoms with van der Waals surface area (Å²) in [6.07, 6.45) is 1.21. The van der Waals surface area contributed by atoms with E-state index in [9.17, 15) is 4.39 Å². The summed E-state index contributed by atoms with van der Waals surface area (Å²) in [6.45, 7) is 5.74. The fourth-order valence-electron chi connectivity index (χ4n) is 3.70. The van der Waals surface area contributed by atoms with Crippen molar-refractivity contribution in [3.8, 4) is 0 Å². The number of rotatable bonds is 3. The van der Waals surface area contributed by atoms with Crippen LogP contribution >= 0.6 is 0 Å². The van der Waals surface area contributed by atoms with Gasteiger partial charge in [0.2, 0.25) is 0 Å². The van der Waals surface area contributed by atoms with Crippen molar-refractivity contribution in [1.29, 1.82) is 0 Å². The molecule has 4 rings (SSSR count). The van der Waals surface area contributed by atoms with E-state index in [0.717, 1.165) is 51.4 Å². The van der Waals surface area contributed by atoms with Gasteiger partial charge < -0.3 is 9.64 Å². The first-order chi connectivity index (χ1) is 11.8. The fourth-order valence-corrected chi connectivity index (χ4v) is 3.70. The summed E-state index contributed by atoms with van der Waals surface area (Å²) in [5, 5.41) is 0. The number of piperazine rings is 1. The predicted octanol–water partition coefficient (Wildman–Crippen LogP) is 3.26. The Kier molecular flexibility index (Phi) is 4.50. The van der Waals surface area contributed by atoms with Crippen molar-refractivity contribution in [2.24, 2.45) is 0 Å². The molecule has 1 atom stereocenters. The average molecular weight is 326 g/mol. The molecule has 2 heterocycles. The Bertz CT molecular complexity index is 680. The third-order valence-electron chi connectivity index (χ3n) is 5.08. The van der Waals surface area contributed by atoms with Crippen molar-refractivity contribution in [1.82, 2.24) is 4.90 Å². The highest BCUT2D eigenvalue weighted by molar-refractivity contribution is 5.46. The SMILES string of the molecule is Fc1ccc(N2CCN(CC3OCCc4ccccc43)CC2)cc1. The third kappa shape index (κ3) is 3.30. The van der Waals surface area contributed by atoms with E-state index < -0.39 is 0 Å². The molecule has 0 radical (unpaired) electrons. The lowest BCUT2D eigenvalue weighted by Crippen LogP contribution is -2.48. The zero-order valence-corrected chi connectivity index (χ0v) is 13.8. The first-order valence-electron chi connectivity index (χ1n) is 8.72. The number of halogens is 1. The van der Waals surface area contributed by atoms with E-state index in [1.54, 1.807) is 0 Å². The first kappa shape index (κ1) is 15.6. The number of benzene rings is 2. The van der Waals surface area contributed by atoms with Crippen LogP contribution in [0.1, 0.15) is 17.2 Å². The van der Waals surface area contributed by atoms with Crippen LogP contribution in [-0.2, 0) is 11.2 Å². The summed E-state index contributed by atoms with van der Waals surface area (Å²) < 4.78 is 19.1. The molecule has 4 heteroatoms. The van der Waals surface area contributed by atoms with Crippen LogP contribution in [0.15, 0.2) is 48.5 Å². The number of anilines is 1. The van der Waals surface area contributed by atoms with Crippen LogP contribution in [0, 0.1) is 5.82 Å². The molecule has 0 bridgehead atoms. The van der Waals surface area contributed by atoms with Crippen LogP contribution in [0.2, 0.25) is 0 Å². The van der Waals surface area contributed by atoms with Gasteiger partial charge in [0, 0.05) is 38.4 Å². The molecule has 24 heavy (non-hydrogen) atoms. The van der Waals surface area contributed by atoms with Crippen molar-refractivity contribution >= 4 is 5.69 Å². The highest BCUT2D eigenvalue weighted by Crippen LogP contribution is 2.28. The standard InChI is InChI=1S/C20H23FN2O/c21-17-5-7-18(8-6-17)23-12-10-22(11-13-23)15-20-19-4-2-1-3-16(19)9-14-24-20/h1-8,20H,9-15H2. The van der Waals surface area contributed by atoms with Crippen molar-refractivity contribution in [3.63, 3.8) is 0 Å². The largest absolute Gasteiger partial charge is 0.372 e. The van der Waals surface area contributed by atoms with Gasteiger partial charge in [0.05, 0.1) is 12.7 Å². The summed E-state index contributed by atoms with van der Waals surface area (Å²) in [4.78, 5) is 4.80. The number of ether oxygens (including phenoxy) is 1. The summed E-state index contributed by atoms with van der Waals surface area (Å²) in [5.41, 5.74) is 3.89. The molecular formula is C20H23FN2O. The monoisotopic (exact) mass is 326 g/mol.